The smallest absolute Gasteiger partial charge is 0.221 e. The third-order valence-electron chi connectivity index (χ3n) is 3.53. The number of carbonyl (C=O) groups excluding carboxylic acids is 1. The van der Waals surface area contributed by atoms with Crippen molar-refractivity contribution in [1.82, 2.24) is 5.32 Å². The molecule has 0 heterocycles. The van der Waals surface area contributed by atoms with Crippen LogP contribution in [0.15, 0.2) is 24.3 Å². The number of aliphatic hydroxyl groups is 1. The Morgan fingerprint density at radius 1 is 1.40 bits per heavy atom. The van der Waals surface area contributed by atoms with E-state index in [9.17, 15) is 4.79 Å². The zero-order chi connectivity index (χ0) is 15.0. The lowest BCUT2D eigenvalue weighted by atomic mass is 10.0. The van der Waals surface area contributed by atoms with Gasteiger partial charge in [-0.25, -0.2) is 0 Å². The number of carbonyl (C=O) groups is 1. The fourth-order valence-corrected chi connectivity index (χ4v) is 2.18. The highest BCUT2D eigenvalue weighted by molar-refractivity contribution is 5.88. The van der Waals surface area contributed by atoms with Gasteiger partial charge in [0.25, 0.3) is 0 Å². The zero-order valence-corrected chi connectivity index (χ0v) is 12.6. The lowest BCUT2D eigenvalue weighted by Crippen LogP contribution is -2.26. The molecule has 1 aromatic rings. The summed E-state index contributed by atoms with van der Waals surface area (Å²) in [5.74, 6) is 0.442. The van der Waals surface area contributed by atoms with Gasteiger partial charge < -0.3 is 15.7 Å². The van der Waals surface area contributed by atoms with Crippen molar-refractivity contribution in [2.75, 3.05) is 18.5 Å². The summed E-state index contributed by atoms with van der Waals surface area (Å²) < 4.78 is 0. The number of hydrogen-bond donors (Lipinski definition) is 3. The summed E-state index contributed by atoms with van der Waals surface area (Å²) in [5, 5.41) is 15.3. The van der Waals surface area contributed by atoms with E-state index in [0.717, 1.165) is 30.6 Å². The normalized spacial score (nSPS) is 13.8. The predicted octanol–water partition coefficient (Wildman–Crippen LogP) is 2.70. The van der Waals surface area contributed by atoms with Crippen LogP contribution in [0.25, 0.3) is 0 Å². The first kappa shape index (κ1) is 16.7. The third kappa shape index (κ3) is 5.72. The largest absolute Gasteiger partial charge is 0.396 e. The number of anilines is 1. The second kappa shape index (κ2) is 8.72. The van der Waals surface area contributed by atoms with E-state index in [2.05, 4.69) is 30.5 Å². The topological polar surface area (TPSA) is 61.4 Å². The van der Waals surface area contributed by atoms with Gasteiger partial charge in [0, 0.05) is 25.3 Å². The molecule has 0 radical (unpaired) electrons. The standard InChI is InChI=1S/C16H26N2O2/c1-4-14(8-9-19)11-17-12(2)15-6-5-7-16(10-15)18-13(3)20/h5-7,10,12,14,17,19H,4,8-9,11H2,1-3H3,(H,18,20). The Morgan fingerprint density at radius 2 is 2.15 bits per heavy atom. The number of hydrogen-bond acceptors (Lipinski definition) is 3. The SMILES string of the molecule is CCC(CCO)CNC(C)c1cccc(NC(C)=O)c1. The van der Waals surface area contributed by atoms with Crippen molar-refractivity contribution in [3.63, 3.8) is 0 Å². The Morgan fingerprint density at radius 3 is 2.75 bits per heavy atom. The van der Waals surface area contributed by atoms with E-state index < -0.39 is 0 Å². The summed E-state index contributed by atoms with van der Waals surface area (Å²) in [6.45, 7) is 6.90. The van der Waals surface area contributed by atoms with Crippen molar-refractivity contribution in [2.24, 2.45) is 5.92 Å². The molecular weight excluding hydrogens is 252 g/mol. The zero-order valence-electron chi connectivity index (χ0n) is 12.6. The van der Waals surface area contributed by atoms with E-state index in [1.165, 1.54) is 6.92 Å². The maximum absolute atomic E-state index is 11.1. The fourth-order valence-electron chi connectivity index (χ4n) is 2.18. The van der Waals surface area contributed by atoms with E-state index in [1.54, 1.807) is 0 Å². The van der Waals surface area contributed by atoms with Crippen LogP contribution in [-0.2, 0) is 4.79 Å². The summed E-state index contributed by atoms with van der Waals surface area (Å²) in [6, 6.07) is 8.10. The van der Waals surface area contributed by atoms with Gasteiger partial charge in [0.05, 0.1) is 0 Å². The van der Waals surface area contributed by atoms with Crippen molar-refractivity contribution in [3.8, 4) is 0 Å². The van der Waals surface area contributed by atoms with Crippen LogP contribution in [0.2, 0.25) is 0 Å². The quantitative estimate of drug-likeness (QED) is 0.685. The van der Waals surface area contributed by atoms with Gasteiger partial charge >= 0.3 is 0 Å². The van der Waals surface area contributed by atoms with Gasteiger partial charge in [-0.05, 0) is 43.5 Å². The van der Waals surface area contributed by atoms with Crippen LogP contribution < -0.4 is 10.6 Å². The van der Waals surface area contributed by atoms with Crippen molar-refractivity contribution in [2.45, 2.75) is 39.7 Å². The van der Waals surface area contributed by atoms with Gasteiger partial charge in [-0.1, -0.05) is 25.5 Å². The van der Waals surface area contributed by atoms with Crippen LogP contribution >= 0.6 is 0 Å². The average molecular weight is 278 g/mol. The van der Waals surface area contributed by atoms with E-state index in [4.69, 9.17) is 5.11 Å². The monoisotopic (exact) mass is 278 g/mol. The maximum atomic E-state index is 11.1. The lowest BCUT2D eigenvalue weighted by molar-refractivity contribution is -0.114. The summed E-state index contributed by atoms with van der Waals surface area (Å²) in [5.41, 5.74) is 1.97. The first-order valence-electron chi connectivity index (χ1n) is 7.28. The molecule has 0 fully saturated rings. The Labute approximate surface area is 121 Å². The number of nitrogens with one attached hydrogen (secondary N) is 2. The van der Waals surface area contributed by atoms with Crippen LogP contribution in [0.4, 0.5) is 5.69 Å². The van der Waals surface area contributed by atoms with Gasteiger partial charge in [-0.3, -0.25) is 4.79 Å². The van der Waals surface area contributed by atoms with Gasteiger partial charge in [-0.15, -0.1) is 0 Å². The third-order valence-corrected chi connectivity index (χ3v) is 3.53. The average Bonchev–Trinajstić information content (AvgIpc) is 2.42. The molecule has 0 aliphatic rings. The molecule has 4 nitrogen and oxygen atoms in total. The molecular formula is C16H26N2O2. The Hall–Kier alpha value is -1.39. The van der Waals surface area contributed by atoms with Crippen LogP contribution in [-0.4, -0.2) is 24.2 Å². The first-order valence-corrected chi connectivity index (χ1v) is 7.28. The number of amides is 1. The predicted molar refractivity (Wildman–Crippen MR) is 82.6 cm³/mol. The second-order valence-corrected chi connectivity index (χ2v) is 5.22. The Kier molecular flexibility index (Phi) is 7.26. The van der Waals surface area contributed by atoms with E-state index in [0.29, 0.717) is 5.92 Å². The van der Waals surface area contributed by atoms with Crippen molar-refractivity contribution in [3.05, 3.63) is 29.8 Å². The molecule has 0 saturated heterocycles. The highest BCUT2D eigenvalue weighted by Gasteiger charge is 2.10. The molecule has 20 heavy (non-hydrogen) atoms. The van der Waals surface area contributed by atoms with Gasteiger partial charge in [0.1, 0.15) is 0 Å². The molecule has 4 heteroatoms. The minimum Gasteiger partial charge on any atom is -0.396 e. The van der Waals surface area contributed by atoms with Gasteiger partial charge in [-0.2, -0.15) is 0 Å². The minimum absolute atomic E-state index is 0.0586. The Bertz CT molecular complexity index is 421. The van der Waals surface area contributed by atoms with Crippen LogP contribution in [0.1, 0.15) is 45.2 Å². The second-order valence-electron chi connectivity index (χ2n) is 5.22. The Balaban J connectivity index is 2.58. The summed E-state index contributed by atoms with van der Waals surface area (Å²) in [6.07, 6.45) is 1.90. The number of benzene rings is 1. The fraction of sp³-hybridized carbons (Fsp3) is 0.562. The van der Waals surface area contributed by atoms with E-state index >= 15 is 0 Å². The van der Waals surface area contributed by atoms with Crippen molar-refractivity contribution < 1.29 is 9.90 Å². The molecule has 0 saturated carbocycles. The van der Waals surface area contributed by atoms with Gasteiger partial charge in [0.2, 0.25) is 5.91 Å². The molecule has 1 aromatic carbocycles. The molecule has 0 aliphatic carbocycles. The molecule has 2 atom stereocenters. The molecule has 0 aromatic heterocycles. The highest BCUT2D eigenvalue weighted by Crippen LogP contribution is 2.18. The van der Waals surface area contributed by atoms with Crippen LogP contribution in [0.3, 0.4) is 0 Å². The van der Waals surface area contributed by atoms with Gasteiger partial charge in [0.15, 0.2) is 0 Å². The van der Waals surface area contributed by atoms with Crippen LogP contribution in [0.5, 0.6) is 0 Å². The molecule has 1 rings (SSSR count). The molecule has 0 aliphatic heterocycles. The molecule has 3 N–H and O–H groups in total. The molecule has 0 spiro atoms. The summed E-state index contributed by atoms with van der Waals surface area (Å²) in [4.78, 5) is 11.1. The molecule has 0 bridgehead atoms. The molecule has 1 amide bonds. The first-order chi connectivity index (χ1) is 9.56. The summed E-state index contributed by atoms with van der Waals surface area (Å²) >= 11 is 0. The van der Waals surface area contributed by atoms with Crippen molar-refractivity contribution >= 4 is 11.6 Å². The molecule has 112 valence electrons. The van der Waals surface area contributed by atoms with E-state index in [-0.39, 0.29) is 18.6 Å². The highest BCUT2D eigenvalue weighted by atomic mass is 16.3. The summed E-state index contributed by atoms with van der Waals surface area (Å²) in [7, 11) is 0. The van der Waals surface area contributed by atoms with Crippen molar-refractivity contribution in [1.29, 1.82) is 0 Å². The van der Waals surface area contributed by atoms with E-state index in [1.807, 2.05) is 18.2 Å². The lowest BCUT2D eigenvalue weighted by Gasteiger charge is -2.20. The number of aliphatic hydroxyl groups excluding tert-OH is 1. The maximum Gasteiger partial charge on any atom is 0.221 e. The number of rotatable bonds is 8. The minimum atomic E-state index is -0.0586. The van der Waals surface area contributed by atoms with Crippen LogP contribution in [0, 0.1) is 5.92 Å². The molecule has 2 unspecified atom stereocenters.